The van der Waals surface area contributed by atoms with Crippen molar-refractivity contribution in [2.75, 3.05) is 13.6 Å². The smallest absolute Gasteiger partial charge is 0.244 e. The molecule has 0 radical (unpaired) electrons. The number of halogens is 2. The highest BCUT2D eigenvalue weighted by molar-refractivity contribution is 7.89. The molecule has 96 valence electrons. The highest BCUT2D eigenvalue weighted by Gasteiger charge is 2.24. The van der Waals surface area contributed by atoms with Crippen molar-refractivity contribution >= 4 is 33.2 Å². The predicted molar refractivity (Wildman–Crippen MR) is 69.8 cm³/mol. The van der Waals surface area contributed by atoms with Gasteiger partial charge in [0.25, 0.3) is 0 Å². The van der Waals surface area contributed by atoms with Crippen molar-refractivity contribution in [1.29, 1.82) is 0 Å². The number of nitrogens with two attached hydrogens (primary N) is 1. The fourth-order valence-corrected chi connectivity index (χ4v) is 3.38. The Labute approximate surface area is 111 Å². The van der Waals surface area contributed by atoms with Gasteiger partial charge in [-0.3, -0.25) is 0 Å². The summed E-state index contributed by atoms with van der Waals surface area (Å²) in [5.41, 5.74) is 5.94. The van der Waals surface area contributed by atoms with Crippen LogP contribution in [0.5, 0.6) is 0 Å². The molecule has 0 amide bonds. The van der Waals surface area contributed by atoms with E-state index in [0.717, 1.165) is 0 Å². The van der Waals surface area contributed by atoms with E-state index in [1.165, 1.54) is 23.5 Å². The zero-order valence-corrected chi connectivity index (χ0v) is 11.9. The van der Waals surface area contributed by atoms with E-state index >= 15 is 0 Å². The molecule has 1 rings (SSSR count). The first kappa shape index (κ1) is 14.7. The molecule has 1 aromatic rings. The predicted octanol–water partition coefficient (Wildman–Crippen LogP) is 2.09. The van der Waals surface area contributed by atoms with Gasteiger partial charge in [0, 0.05) is 30.7 Å². The number of hydrogen-bond donors (Lipinski definition) is 1. The summed E-state index contributed by atoms with van der Waals surface area (Å²) < 4.78 is 25.5. The molecule has 0 spiro atoms. The Bertz CT molecular complexity index is 517. The average molecular weight is 297 g/mol. The van der Waals surface area contributed by atoms with Crippen molar-refractivity contribution in [2.24, 2.45) is 5.73 Å². The molecule has 0 unspecified atom stereocenters. The third-order valence-corrected chi connectivity index (χ3v) is 5.36. The molecule has 0 aliphatic rings. The molecule has 0 saturated heterocycles. The molecule has 2 N–H and O–H groups in total. The maximum absolute atomic E-state index is 12.1. The van der Waals surface area contributed by atoms with Gasteiger partial charge < -0.3 is 5.73 Å². The summed E-state index contributed by atoms with van der Waals surface area (Å²) in [5, 5.41) is 0.468. The molecule has 0 aromatic heterocycles. The Morgan fingerprint density at radius 1 is 1.35 bits per heavy atom. The standard InChI is InChI=1S/C10H14Cl2N2O2S/c1-3-14(2)17(15,16)9-5-4-8(11)7(6-13)10(9)12/h4-5H,3,6,13H2,1-2H3. The molecule has 0 bridgehead atoms. The minimum atomic E-state index is -3.58. The number of sulfonamides is 1. The average Bonchev–Trinajstić information content (AvgIpc) is 2.28. The third kappa shape index (κ3) is 2.74. The first-order valence-corrected chi connectivity index (χ1v) is 7.19. The van der Waals surface area contributed by atoms with Gasteiger partial charge in [-0.25, -0.2) is 12.7 Å². The quantitative estimate of drug-likeness (QED) is 0.925. The van der Waals surface area contributed by atoms with E-state index in [1.807, 2.05) is 0 Å². The Kier molecular flexibility index (Phi) is 4.80. The van der Waals surface area contributed by atoms with Crippen LogP contribution in [0.3, 0.4) is 0 Å². The van der Waals surface area contributed by atoms with E-state index in [4.69, 9.17) is 28.9 Å². The Morgan fingerprint density at radius 3 is 2.41 bits per heavy atom. The topological polar surface area (TPSA) is 63.4 Å². The SMILES string of the molecule is CCN(C)S(=O)(=O)c1ccc(Cl)c(CN)c1Cl. The summed E-state index contributed by atoms with van der Waals surface area (Å²) in [6.07, 6.45) is 0. The molecular formula is C10H14Cl2N2O2S. The lowest BCUT2D eigenvalue weighted by Crippen LogP contribution is -2.27. The van der Waals surface area contributed by atoms with Crippen molar-refractivity contribution in [1.82, 2.24) is 4.31 Å². The van der Waals surface area contributed by atoms with Crippen LogP contribution in [0.4, 0.5) is 0 Å². The maximum atomic E-state index is 12.1. The van der Waals surface area contributed by atoms with Gasteiger partial charge in [0.05, 0.1) is 5.02 Å². The van der Waals surface area contributed by atoms with Crippen molar-refractivity contribution < 1.29 is 8.42 Å². The van der Waals surface area contributed by atoms with Gasteiger partial charge in [0.2, 0.25) is 10.0 Å². The third-order valence-electron chi connectivity index (χ3n) is 2.49. The van der Waals surface area contributed by atoms with E-state index in [2.05, 4.69) is 0 Å². The summed E-state index contributed by atoms with van der Waals surface area (Å²) in [6.45, 7) is 2.20. The van der Waals surface area contributed by atoms with Crippen LogP contribution >= 0.6 is 23.2 Å². The zero-order valence-electron chi connectivity index (χ0n) is 9.57. The second kappa shape index (κ2) is 5.54. The van der Waals surface area contributed by atoms with Crippen LogP contribution in [0.1, 0.15) is 12.5 Å². The Morgan fingerprint density at radius 2 is 1.94 bits per heavy atom. The van der Waals surface area contributed by atoms with Crippen LogP contribution in [0.25, 0.3) is 0 Å². The van der Waals surface area contributed by atoms with Crippen molar-refractivity contribution in [2.45, 2.75) is 18.4 Å². The number of nitrogens with zero attached hydrogens (tertiary/aromatic N) is 1. The van der Waals surface area contributed by atoms with Gasteiger partial charge in [0.1, 0.15) is 4.90 Å². The number of benzene rings is 1. The molecule has 7 heteroatoms. The summed E-state index contributed by atoms with van der Waals surface area (Å²) in [4.78, 5) is 0.0355. The molecular weight excluding hydrogens is 283 g/mol. The molecule has 0 aliphatic carbocycles. The second-order valence-corrected chi connectivity index (χ2v) is 6.26. The lowest BCUT2D eigenvalue weighted by molar-refractivity contribution is 0.486. The molecule has 0 fully saturated rings. The van der Waals surface area contributed by atoms with Gasteiger partial charge in [-0.2, -0.15) is 0 Å². The van der Waals surface area contributed by atoms with Crippen LogP contribution in [-0.2, 0) is 16.6 Å². The number of rotatable bonds is 4. The lowest BCUT2D eigenvalue weighted by atomic mass is 10.2. The van der Waals surface area contributed by atoms with Crippen LogP contribution in [0.2, 0.25) is 10.0 Å². The van der Waals surface area contributed by atoms with E-state index in [9.17, 15) is 8.42 Å². The molecule has 17 heavy (non-hydrogen) atoms. The lowest BCUT2D eigenvalue weighted by Gasteiger charge is -2.17. The summed E-state index contributed by atoms with van der Waals surface area (Å²) in [7, 11) is -2.09. The van der Waals surface area contributed by atoms with Gasteiger partial charge in [0.15, 0.2) is 0 Å². The Balaban J connectivity index is 3.44. The summed E-state index contributed by atoms with van der Waals surface area (Å²) in [5.74, 6) is 0. The first-order chi connectivity index (χ1) is 7.86. The van der Waals surface area contributed by atoms with E-state index in [-0.39, 0.29) is 16.5 Å². The van der Waals surface area contributed by atoms with Gasteiger partial charge in [-0.05, 0) is 12.1 Å². The fourth-order valence-electron chi connectivity index (χ4n) is 1.30. The van der Waals surface area contributed by atoms with Gasteiger partial charge in [-0.1, -0.05) is 30.1 Å². The monoisotopic (exact) mass is 296 g/mol. The molecule has 0 atom stereocenters. The summed E-state index contributed by atoms with van der Waals surface area (Å²) >= 11 is 11.9. The highest BCUT2D eigenvalue weighted by atomic mass is 35.5. The largest absolute Gasteiger partial charge is 0.326 e. The van der Waals surface area contributed by atoms with E-state index in [1.54, 1.807) is 6.92 Å². The first-order valence-electron chi connectivity index (χ1n) is 4.99. The molecule has 0 aliphatic heterocycles. The van der Waals surface area contributed by atoms with Crippen LogP contribution in [-0.4, -0.2) is 26.3 Å². The molecule has 0 saturated carbocycles. The normalized spacial score (nSPS) is 12.1. The van der Waals surface area contributed by atoms with E-state index < -0.39 is 10.0 Å². The summed E-state index contributed by atoms with van der Waals surface area (Å²) in [6, 6.07) is 2.89. The highest BCUT2D eigenvalue weighted by Crippen LogP contribution is 2.31. The molecule has 4 nitrogen and oxygen atoms in total. The van der Waals surface area contributed by atoms with E-state index in [0.29, 0.717) is 17.1 Å². The van der Waals surface area contributed by atoms with Crippen molar-refractivity contribution in [3.8, 4) is 0 Å². The maximum Gasteiger partial charge on any atom is 0.244 e. The molecule has 1 aromatic carbocycles. The Hall–Kier alpha value is -0.330. The minimum absolute atomic E-state index is 0.0355. The van der Waals surface area contributed by atoms with Crippen LogP contribution < -0.4 is 5.73 Å². The molecule has 0 heterocycles. The van der Waals surface area contributed by atoms with Crippen LogP contribution in [0, 0.1) is 0 Å². The van der Waals surface area contributed by atoms with Gasteiger partial charge >= 0.3 is 0 Å². The second-order valence-electron chi connectivity index (χ2n) is 3.46. The van der Waals surface area contributed by atoms with Gasteiger partial charge in [-0.15, -0.1) is 0 Å². The van der Waals surface area contributed by atoms with Crippen LogP contribution in [0.15, 0.2) is 17.0 Å². The fraction of sp³-hybridized carbons (Fsp3) is 0.400. The van der Waals surface area contributed by atoms with Crippen molar-refractivity contribution in [3.63, 3.8) is 0 Å². The zero-order chi connectivity index (χ0) is 13.2. The number of hydrogen-bond acceptors (Lipinski definition) is 3. The minimum Gasteiger partial charge on any atom is -0.326 e. The van der Waals surface area contributed by atoms with Crippen molar-refractivity contribution in [3.05, 3.63) is 27.7 Å².